The summed E-state index contributed by atoms with van der Waals surface area (Å²) in [4.78, 5) is 26.3. The van der Waals surface area contributed by atoms with Crippen molar-refractivity contribution in [3.63, 3.8) is 0 Å². The average Bonchev–Trinajstić information content (AvgIpc) is 2.91. The van der Waals surface area contributed by atoms with E-state index in [4.69, 9.17) is 9.47 Å². The van der Waals surface area contributed by atoms with Crippen molar-refractivity contribution in [2.45, 2.75) is 45.6 Å². The summed E-state index contributed by atoms with van der Waals surface area (Å²) in [5.41, 5.74) is 0.391. The van der Waals surface area contributed by atoms with Crippen LogP contribution in [0.5, 0.6) is 0 Å². The van der Waals surface area contributed by atoms with Crippen molar-refractivity contribution < 1.29 is 19.1 Å². The first-order chi connectivity index (χ1) is 11.2. The highest BCUT2D eigenvalue weighted by atomic mass is 16.6. The molecule has 1 aliphatic heterocycles. The van der Waals surface area contributed by atoms with E-state index in [9.17, 15) is 9.59 Å². The van der Waals surface area contributed by atoms with E-state index in [1.165, 1.54) is 0 Å². The molecule has 0 unspecified atom stereocenters. The van der Waals surface area contributed by atoms with E-state index in [1.807, 2.05) is 34.0 Å². The SMILES string of the molecule is CCOC(=O)[C@H]1CCN(C(=O)OC(C)(C)C)C[C@H]1c1cnn(C)c1. The Morgan fingerprint density at radius 2 is 2.08 bits per heavy atom. The second-order valence-electron chi connectivity index (χ2n) is 7.13. The lowest BCUT2D eigenvalue weighted by atomic mass is 9.82. The van der Waals surface area contributed by atoms with Gasteiger partial charge in [0.2, 0.25) is 0 Å². The number of piperidine rings is 1. The maximum Gasteiger partial charge on any atom is 0.410 e. The molecule has 0 radical (unpaired) electrons. The first-order valence-corrected chi connectivity index (χ1v) is 8.34. The fourth-order valence-corrected chi connectivity index (χ4v) is 2.95. The summed E-state index contributed by atoms with van der Waals surface area (Å²) >= 11 is 0. The van der Waals surface area contributed by atoms with Crippen LogP contribution in [0.3, 0.4) is 0 Å². The lowest BCUT2D eigenvalue weighted by molar-refractivity contribution is -0.150. The third-order valence-electron chi connectivity index (χ3n) is 4.01. The van der Waals surface area contributed by atoms with Crippen LogP contribution in [-0.2, 0) is 21.3 Å². The van der Waals surface area contributed by atoms with Crippen molar-refractivity contribution in [3.05, 3.63) is 18.0 Å². The lowest BCUT2D eigenvalue weighted by Crippen LogP contribution is -2.46. The van der Waals surface area contributed by atoms with Gasteiger partial charge in [0, 0.05) is 32.3 Å². The van der Waals surface area contributed by atoms with Crippen LogP contribution in [0.1, 0.15) is 45.6 Å². The highest BCUT2D eigenvalue weighted by molar-refractivity contribution is 5.75. The van der Waals surface area contributed by atoms with E-state index in [0.29, 0.717) is 26.1 Å². The Balaban J connectivity index is 2.18. The molecular weight excluding hydrogens is 310 g/mol. The van der Waals surface area contributed by atoms with Crippen molar-refractivity contribution in [2.75, 3.05) is 19.7 Å². The number of likely N-dealkylation sites (tertiary alicyclic amines) is 1. The van der Waals surface area contributed by atoms with Crippen molar-refractivity contribution in [2.24, 2.45) is 13.0 Å². The molecule has 2 heterocycles. The van der Waals surface area contributed by atoms with E-state index in [-0.39, 0.29) is 23.9 Å². The van der Waals surface area contributed by atoms with Gasteiger partial charge in [0.1, 0.15) is 5.60 Å². The number of hydrogen-bond acceptors (Lipinski definition) is 5. The molecule has 1 amide bonds. The number of aromatic nitrogens is 2. The number of amides is 1. The zero-order valence-corrected chi connectivity index (χ0v) is 15.1. The molecule has 1 aromatic heterocycles. The molecule has 1 aromatic rings. The van der Waals surface area contributed by atoms with Gasteiger partial charge in [-0.2, -0.15) is 5.10 Å². The number of carbonyl (C=O) groups is 2. The second kappa shape index (κ2) is 7.23. The van der Waals surface area contributed by atoms with Crippen LogP contribution in [0, 0.1) is 5.92 Å². The van der Waals surface area contributed by atoms with Gasteiger partial charge in [-0.3, -0.25) is 9.48 Å². The number of carbonyl (C=O) groups excluding carboxylic acids is 2. The average molecular weight is 337 g/mol. The van der Waals surface area contributed by atoms with Crippen LogP contribution in [0.15, 0.2) is 12.4 Å². The Bertz CT molecular complexity index is 591. The third-order valence-corrected chi connectivity index (χ3v) is 4.01. The Labute approximate surface area is 142 Å². The van der Waals surface area contributed by atoms with Gasteiger partial charge in [0.15, 0.2) is 0 Å². The summed E-state index contributed by atoms with van der Waals surface area (Å²) in [5, 5.41) is 4.19. The van der Waals surface area contributed by atoms with Gasteiger partial charge in [-0.15, -0.1) is 0 Å². The van der Waals surface area contributed by atoms with Gasteiger partial charge in [0.05, 0.1) is 18.7 Å². The number of aryl methyl sites for hydroxylation is 1. The van der Waals surface area contributed by atoms with Crippen LogP contribution in [0.4, 0.5) is 4.79 Å². The van der Waals surface area contributed by atoms with Gasteiger partial charge >= 0.3 is 12.1 Å². The zero-order valence-electron chi connectivity index (χ0n) is 15.1. The van der Waals surface area contributed by atoms with Crippen molar-refractivity contribution in [1.29, 1.82) is 0 Å². The molecule has 2 rings (SSSR count). The first kappa shape index (κ1) is 18.3. The summed E-state index contributed by atoms with van der Waals surface area (Å²) in [6, 6.07) is 0. The fraction of sp³-hybridized carbons (Fsp3) is 0.706. The summed E-state index contributed by atoms with van der Waals surface area (Å²) in [5.74, 6) is -0.623. The molecule has 1 saturated heterocycles. The van der Waals surface area contributed by atoms with Crippen LogP contribution >= 0.6 is 0 Å². The van der Waals surface area contributed by atoms with Crippen molar-refractivity contribution in [1.82, 2.24) is 14.7 Å². The first-order valence-electron chi connectivity index (χ1n) is 8.34. The second-order valence-corrected chi connectivity index (χ2v) is 7.13. The predicted molar refractivity (Wildman–Crippen MR) is 88.5 cm³/mol. The molecular formula is C17H27N3O4. The Morgan fingerprint density at radius 1 is 1.38 bits per heavy atom. The van der Waals surface area contributed by atoms with Gasteiger partial charge < -0.3 is 14.4 Å². The van der Waals surface area contributed by atoms with E-state index < -0.39 is 5.60 Å². The summed E-state index contributed by atoms with van der Waals surface area (Å²) in [6.45, 7) is 8.58. The minimum Gasteiger partial charge on any atom is -0.466 e. The summed E-state index contributed by atoms with van der Waals surface area (Å²) in [7, 11) is 1.83. The molecule has 2 atom stereocenters. The monoisotopic (exact) mass is 337 g/mol. The Morgan fingerprint density at radius 3 is 2.62 bits per heavy atom. The number of rotatable bonds is 3. The lowest BCUT2D eigenvalue weighted by Gasteiger charge is -2.37. The largest absolute Gasteiger partial charge is 0.466 e. The molecule has 0 spiro atoms. The van der Waals surface area contributed by atoms with Gasteiger partial charge in [-0.05, 0) is 39.7 Å². The van der Waals surface area contributed by atoms with Crippen LogP contribution < -0.4 is 0 Å². The number of ether oxygens (including phenoxy) is 2. The minimum absolute atomic E-state index is 0.140. The number of hydrogen-bond donors (Lipinski definition) is 0. The van der Waals surface area contributed by atoms with E-state index >= 15 is 0 Å². The fourth-order valence-electron chi connectivity index (χ4n) is 2.95. The van der Waals surface area contributed by atoms with Crippen LogP contribution in [0.2, 0.25) is 0 Å². The van der Waals surface area contributed by atoms with E-state index in [0.717, 1.165) is 5.56 Å². The zero-order chi connectivity index (χ0) is 17.9. The smallest absolute Gasteiger partial charge is 0.410 e. The molecule has 0 N–H and O–H groups in total. The van der Waals surface area contributed by atoms with Gasteiger partial charge in [-0.1, -0.05) is 0 Å². The standard InChI is InChI=1S/C17H27N3O4/c1-6-23-15(21)13-7-8-20(16(22)24-17(2,3)4)11-14(13)12-9-18-19(5)10-12/h9-10,13-14H,6-8,11H2,1-5H3/t13-,14-/m0/s1. The van der Waals surface area contributed by atoms with E-state index in [2.05, 4.69) is 5.10 Å². The highest BCUT2D eigenvalue weighted by Gasteiger charge is 2.39. The molecule has 0 aliphatic carbocycles. The quantitative estimate of drug-likeness (QED) is 0.792. The minimum atomic E-state index is -0.543. The number of nitrogens with zero attached hydrogens (tertiary/aromatic N) is 3. The molecule has 7 heteroatoms. The van der Waals surface area contributed by atoms with Crippen LogP contribution in [-0.4, -0.2) is 52.0 Å². The molecule has 1 aliphatic rings. The normalized spacial score (nSPS) is 21.5. The van der Waals surface area contributed by atoms with E-state index in [1.54, 1.807) is 22.7 Å². The van der Waals surface area contributed by atoms with Crippen LogP contribution in [0.25, 0.3) is 0 Å². The van der Waals surface area contributed by atoms with Crippen molar-refractivity contribution >= 4 is 12.1 Å². The maximum absolute atomic E-state index is 12.4. The Kier molecular flexibility index (Phi) is 5.51. The van der Waals surface area contributed by atoms with Gasteiger partial charge in [0.25, 0.3) is 0 Å². The summed E-state index contributed by atoms with van der Waals surface area (Å²) in [6.07, 6.45) is 3.83. The molecule has 0 saturated carbocycles. The molecule has 24 heavy (non-hydrogen) atoms. The Hall–Kier alpha value is -2.05. The maximum atomic E-state index is 12.4. The van der Waals surface area contributed by atoms with Gasteiger partial charge in [-0.25, -0.2) is 4.79 Å². The topological polar surface area (TPSA) is 73.7 Å². The predicted octanol–water partition coefficient (Wildman–Crippen LogP) is 2.32. The third kappa shape index (κ3) is 4.49. The molecule has 7 nitrogen and oxygen atoms in total. The molecule has 1 fully saturated rings. The molecule has 0 aromatic carbocycles. The molecule has 134 valence electrons. The summed E-state index contributed by atoms with van der Waals surface area (Å²) < 4.78 is 12.4. The van der Waals surface area contributed by atoms with Crippen molar-refractivity contribution in [3.8, 4) is 0 Å². The highest BCUT2D eigenvalue weighted by Crippen LogP contribution is 2.34. The number of esters is 1. The molecule has 0 bridgehead atoms.